The number of benzene rings is 1. The van der Waals surface area contributed by atoms with Gasteiger partial charge in [0.05, 0.1) is 5.00 Å². The lowest BCUT2D eigenvalue weighted by atomic mass is 9.72. The molecule has 0 aliphatic carbocycles. The SMILES string of the molecule is CN(C)C/C=C/C(=O)N1CC2(CCN(c3cc4ccc(C(C)(C)C)cc4s3)CC2)C1. The maximum atomic E-state index is 12.3. The number of rotatable bonds is 4. The predicted molar refractivity (Wildman–Crippen MR) is 129 cm³/mol. The van der Waals surface area contributed by atoms with Gasteiger partial charge in [-0.3, -0.25) is 4.79 Å². The summed E-state index contributed by atoms with van der Waals surface area (Å²) in [5.74, 6) is 0.170. The van der Waals surface area contributed by atoms with Crippen molar-refractivity contribution in [1.82, 2.24) is 9.80 Å². The Labute approximate surface area is 185 Å². The van der Waals surface area contributed by atoms with Crippen LogP contribution in [0.4, 0.5) is 5.00 Å². The molecule has 5 heteroatoms. The highest BCUT2D eigenvalue weighted by molar-refractivity contribution is 7.22. The Hall–Kier alpha value is -1.85. The molecule has 2 aliphatic rings. The summed E-state index contributed by atoms with van der Waals surface area (Å²) >= 11 is 1.92. The number of likely N-dealkylation sites (N-methyl/N-ethyl adjacent to an activating group) is 1. The third kappa shape index (κ3) is 4.42. The van der Waals surface area contributed by atoms with Gasteiger partial charge in [0.2, 0.25) is 5.91 Å². The summed E-state index contributed by atoms with van der Waals surface area (Å²) in [6.45, 7) is 11.7. The molecule has 3 heterocycles. The third-order valence-electron chi connectivity index (χ3n) is 6.60. The number of likely N-dealkylation sites (tertiary alicyclic amines) is 1. The van der Waals surface area contributed by atoms with Gasteiger partial charge in [0.15, 0.2) is 0 Å². The highest BCUT2D eigenvalue weighted by Gasteiger charge is 2.46. The van der Waals surface area contributed by atoms with Crippen molar-refractivity contribution in [1.29, 1.82) is 0 Å². The molecule has 2 aliphatic heterocycles. The van der Waals surface area contributed by atoms with Crippen LogP contribution in [0.5, 0.6) is 0 Å². The zero-order valence-electron chi connectivity index (χ0n) is 19.1. The molecule has 4 nitrogen and oxygen atoms in total. The zero-order valence-corrected chi connectivity index (χ0v) is 19.9. The van der Waals surface area contributed by atoms with Crippen LogP contribution >= 0.6 is 11.3 Å². The fourth-order valence-corrected chi connectivity index (χ4v) is 5.70. The van der Waals surface area contributed by atoms with E-state index in [9.17, 15) is 4.79 Å². The van der Waals surface area contributed by atoms with E-state index >= 15 is 0 Å². The van der Waals surface area contributed by atoms with Gasteiger partial charge in [0.25, 0.3) is 0 Å². The molecule has 4 rings (SSSR count). The van der Waals surface area contributed by atoms with Crippen molar-refractivity contribution < 1.29 is 4.79 Å². The van der Waals surface area contributed by atoms with Gasteiger partial charge < -0.3 is 14.7 Å². The highest BCUT2D eigenvalue weighted by Crippen LogP contribution is 2.43. The molecule has 1 spiro atoms. The Morgan fingerprint density at radius 3 is 2.50 bits per heavy atom. The third-order valence-corrected chi connectivity index (χ3v) is 7.76. The monoisotopic (exact) mass is 425 g/mol. The number of hydrogen-bond donors (Lipinski definition) is 0. The van der Waals surface area contributed by atoms with Gasteiger partial charge >= 0.3 is 0 Å². The van der Waals surface area contributed by atoms with E-state index in [1.165, 1.54) is 33.5 Å². The predicted octanol–water partition coefficient (Wildman–Crippen LogP) is 4.75. The molecule has 2 saturated heterocycles. The summed E-state index contributed by atoms with van der Waals surface area (Å²) < 4.78 is 1.39. The minimum atomic E-state index is 0.170. The standard InChI is InChI=1S/C25H35N3OS/c1-24(2,3)20-9-8-19-15-23(30-21(19)16-20)27-13-10-25(11-14-27)17-28(18-25)22(29)7-6-12-26(4)5/h6-9,15-16H,10-14,17-18H2,1-5H3/b7-6+. The van der Waals surface area contributed by atoms with Crippen molar-refractivity contribution in [3.05, 3.63) is 42.0 Å². The van der Waals surface area contributed by atoms with Gasteiger partial charge in [-0.25, -0.2) is 0 Å². The first-order valence-corrected chi connectivity index (χ1v) is 11.9. The summed E-state index contributed by atoms with van der Waals surface area (Å²) in [5.41, 5.74) is 1.93. The minimum absolute atomic E-state index is 0.170. The number of carbonyl (C=O) groups excluding carboxylic acids is 1. The van der Waals surface area contributed by atoms with Gasteiger partial charge in [0, 0.05) is 48.9 Å². The maximum absolute atomic E-state index is 12.3. The summed E-state index contributed by atoms with van der Waals surface area (Å²) in [4.78, 5) is 19.0. The quantitative estimate of drug-likeness (QED) is 0.662. The fraction of sp³-hybridized carbons (Fsp3) is 0.560. The van der Waals surface area contributed by atoms with Crippen LogP contribution in [0.25, 0.3) is 10.1 Å². The van der Waals surface area contributed by atoms with E-state index in [2.05, 4.69) is 54.8 Å². The van der Waals surface area contributed by atoms with Crippen molar-refractivity contribution in [2.24, 2.45) is 5.41 Å². The molecule has 2 fully saturated rings. The average molecular weight is 426 g/mol. The van der Waals surface area contributed by atoms with Crippen LogP contribution in [0.1, 0.15) is 39.2 Å². The summed E-state index contributed by atoms with van der Waals surface area (Å²) in [5, 5.41) is 2.75. The molecule has 1 aromatic carbocycles. The number of piperidine rings is 1. The first kappa shape index (κ1) is 21.4. The summed E-state index contributed by atoms with van der Waals surface area (Å²) in [7, 11) is 4.03. The van der Waals surface area contributed by atoms with Gasteiger partial charge in [0.1, 0.15) is 0 Å². The molecule has 0 radical (unpaired) electrons. The van der Waals surface area contributed by atoms with Crippen LogP contribution in [-0.4, -0.2) is 62.5 Å². The Kier molecular flexibility index (Phi) is 5.71. The molecule has 0 bridgehead atoms. The van der Waals surface area contributed by atoms with E-state index < -0.39 is 0 Å². The first-order valence-electron chi connectivity index (χ1n) is 11.0. The molecule has 0 saturated carbocycles. The van der Waals surface area contributed by atoms with Crippen molar-refractivity contribution in [2.75, 3.05) is 51.7 Å². The largest absolute Gasteiger partial charge is 0.363 e. The van der Waals surface area contributed by atoms with Gasteiger partial charge in [-0.15, -0.1) is 11.3 Å². The molecule has 1 aromatic heterocycles. The lowest BCUT2D eigenvalue weighted by Crippen LogP contribution is -2.61. The molecule has 0 atom stereocenters. The lowest BCUT2D eigenvalue weighted by Gasteiger charge is -2.54. The van der Waals surface area contributed by atoms with Gasteiger partial charge in [-0.2, -0.15) is 0 Å². The summed E-state index contributed by atoms with van der Waals surface area (Å²) in [6.07, 6.45) is 6.06. The number of amides is 1. The number of anilines is 1. The van der Waals surface area contributed by atoms with Crippen molar-refractivity contribution in [2.45, 2.75) is 39.0 Å². The Balaban J connectivity index is 1.34. The topological polar surface area (TPSA) is 26.8 Å². The lowest BCUT2D eigenvalue weighted by molar-refractivity contribution is -0.139. The maximum Gasteiger partial charge on any atom is 0.246 e. The first-order chi connectivity index (χ1) is 14.2. The number of thiophene rings is 1. The molecule has 0 unspecified atom stereocenters. The second-order valence-electron chi connectivity index (χ2n) is 10.4. The van der Waals surface area contributed by atoms with E-state index in [4.69, 9.17) is 0 Å². The Bertz CT molecular complexity index is 937. The van der Waals surface area contributed by atoms with Crippen molar-refractivity contribution >= 4 is 32.3 Å². The van der Waals surface area contributed by atoms with Crippen LogP contribution in [0.3, 0.4) is 0 Å². The second-order valence-corrected chi connectivity index (χ2v) is 11.5. The van der Waals surface area contributed by atoms with E-state index in [-0.39, 0.29) is 11.3 Å². The van der Waals surface area contributed by atoms with Crippen molar-refractivity contribution in [3.63, 3.8) is 0 Å². The van der Waals surface area contributed by atoms with Crippen molar-refractivity contribution in [3.8, 4) is 0 Å². The molecule has 30 heavy (non-hydrogen) atoms. The number of carbonyl (C=O) groups is 1. The van der Waals surface area contributed by atoms with Crippen LogP contribution in [0.2, 0.25) is 0 Å². The molecular formula is C25H35N3OS. The Morgan fingerprint density at radius 1 is 1.17 bits per heavy atom. The molecule has 2 aromatic rings. The van der Waals surface area contributed by atoms with E-state index in [0.29, 0.717) is 5.41 Å². The molecule has 162 valence electrons. The number of fused-ring (bicyclic) bond motifs is 1. The van der Waals surface area contributed by atoms with E-state index in [1.807, 2.05) is 36.4 Å². The van der Waals surface area contributed by atoms with E-state index in [1.54, 1.807) is 6.08 Å². The average Bonchev–Trinajstić information content (AvgIpc) is 3.08. The fourth-order valence-electron chi connectivity index (χ4n) is 4.55. The molecule has 1 amide bonds. The highest BCUT2D eigenvalue weighted by atomic mass is 32.1. The van der Waals surface area contributed by atoms with Gasteiger partial charge in [-0.05, 0) is 55.4 Å². The van der Waals surface area contributed by atoms with Crippen LogP contribution < -0.4 is 4.90 Å². The smallest absolute Gasteiger partial charge is 0.246 e. The van der Waals surface area contributed by atoms with E-state index in [0.717, 1.165) is 32.7 Å². The van der Waals surface area contributed by atoms with Crippen LogP contribution in [-0.2, 0) is 10.2 Å². The van der Waals surface area contributed by atoms with Crippen LogP contribution in [0, 0.1) is 5.41 Å². The normalized spacial score (nSPS) is 19.3. The number of hydrogen-bond acceptors (Lipinski definition) is 4. The Morgan fingerprint density at radius 2 is 1.87 bits per heavy atom. The van der Waals surface area contributed by atoms with Gasteiger partial charge in [-0.1, -0.05) is 39.0 Å². The molecule has 0 N–H and O–H groups in total. The number of nitrogens with zero attached hydrogens (tertiary/aromatic N) is 3. The van der Waals surface area contributed by atoms with Crippen LogP contribution in [0.15, 0.2) is 36.4 Å². The second kappa shape index (κ2) is 8.01. The zero-order chi connectivity index (χ0) is 21.5. The minimum Gasteiger partial charge on any atom is -0.363 e. The summed E-state index contributed by atoms with van der Waals surface area (Å²) in [6, 6.07) is 9.28. The molecular weight excluding hydrogens is 390 g/mol.